The van der Waals surface area contributed by atoms with Crippen LogP contribution in [-0.2, 0) is 0 Å². The maximum absolute atomic E-state index is 3.74. The van der Waals surface area contributed by atoms with Crippen molar-refractivity contribution < 1.29 is 0 Å². The molecular weight excluding hydrogens is 258 g/mol. The van der Waals surface area contributed by atoms with E-state index in [-0.39, 0.29) is 0 Å². The fraction of sp³-hybridized carbons (Fsp3) is 1.00. The van der Waals surface area contributed by atoms with Gasteiger partial charge < -0.3 is 10.2 Å². The van der Waals surface area contributed by atoms with Crippen LogP contribution in [0.2, 0.25) is 0 Å². The topological polar surface area (TPSA) is 18.5 Å². The van der Waals surface area contributed by atoms with Crippen LogP contribution in [0.1, 0.15) is 52.9 Å². The molecule has 3 heteroatoms. The Morgan fingerprint density at radius 2 is 2.05 bits per heavy atom. The Kier molecular flexibility index (Phi) is 6.51. The van der Waals surface area contributed by atoms with E-state index in [1.165, 1.54) is 71.4 Å². The lowest BCUT2D eigenvalue weighted by molar-refractivity contribution is 0.0266. The Morgan fingerprint density at radius 3 is 2.71 bits per heavy atom. The number of piperazine rings is 1. The first-order chi connectivity index (χ1) is 10.0. The highest BCUT2D eigenvalue weighted by Crippen LogP contribution is 2.40. The van der Waals surface area contributed by atoms with Crippen molar-refractivity contribution in [3.63, 3.8) is 0 Å². The van der Waals surface area contributed by atoms with Gasteiger partial charge in [0.05, 0.1) is 0 Å². The van der Waals surface area contributed by atoms with E-state index < -0.39 is 0 Å². The van der Waals surface area contributed by atoms with Gasteiger partial charge in [0.1, 0.15) is 0 Å². The molecule has 2 fully saturated rings. The molecule has 1 heterocycles. The van der Waals surface area contributed by atoms with Gasteiger partial charge in [-0.2, -0.15) is 0 Å². The van der Waals surface area contributed by atoms with Gasteiger partial charge >= 0.3 is 0 Å². The molecule has 1 saturated carbocycles. The molecule has 0 aromatic carbocycles. The molecule has 124 valence electrons. The summed E-state index contributed by atoms with van der Waals surface area (Å²) in [5.74, 6) is 0.907. The van der Waals surface area contributed by atoms with Gasteiger partial charge in [-0.05, 0) is 51.1 Å². The number of hydrogen-bond donors (Lipinski definition) is 1. The molecule has 3 atom stereocenters. The third kappa shape index (κ3) is 4.94. The van der Waals surface area contributed by atoms with Crippen molar-refractivity contribution in [3.05, 3.63) is 0 Å². The SMILES string of the molecule is CCCNCC1(CN2CCN(C)CC2C)CCCC(C)C1. The van der Waals surface area contributed by atoms with E-state index in [1.807, 2.05) is 0 Å². The van der Waals surface area contributed by atoms with E-state index in [0.717, 1.165) is 5.92 Å². The van der Waals surface area contributed by atoms with Gasteiger partial charge in [0, 0.05) is 38.8 Å². The average molecular weight is 296 g/mol. The summed E-state index contributed by atoms with van der Waals surface area (Å²) in [4.78, 5) is 5.25. The summed E-state index contributed by atoms with van der Waals surface area (Å²) >= 11 is 0. The maximum Gasteiger partial charge on any atom is 0.0195 e. The van der Waals surface area contributed by atoms with E-state index in [4.69, 9.17) is 0 Å². The van der Waals surface area contributed by atoms with Gasteiger partial charge in [-0.3, -0.25) is 4.90 Å². The minimum atomic E-state index is 0.525. The van der Waals surface area contributed by atoms with Crippen LogP contribution < -0.4 is 5.32 Å². The number of nitrogens with one attached hydrogen (secondary N) is 1. The highest BCUT2D eigenvalue weighted by molar-refractivity contribution is 4.92. The highest BCUT2D eigenvalue weighted by atomic mass is 15.3. The van der Waals surface area contributed by atoms with E-state index in [9.17, 15) is 0 Å². The van der Waals surface area contributed by atoms with Crippen LogP contribution in [-0.4, -0.2) is 62.2 Å². The minimum absolute atomic E-state index is 0.525. The standard InChI is InChI=1S/C18H37N3/c1-5-9-19-14-18(8-6-7-16(2)12-18)15-21-11-10-20(4)13-17(21)3/h16-17,19H,5-15H2,1-4H3. The van der Waals surface area contributed by atoms with Crippen LogP contribution in [0.15, 0.2) is 0 Å². The molecule has 0 bridgehead atoms. The summed E-state index contributed by atoms with van der Waals surface area (Å²) in [6, 6.07) is 0.712. The Morgan fingerprint density at radius 1 is 1.24 bits per heavy atom. The smallest absolute Gasteiger partial charge is 0.0195 e. The summed E-state index contributed by atoms with van der Waals surface area (Å²) in [7, 11) is 2.26. The number of hydrogen-bond acceptors (Lipinski definition) is 3. The summed E-state index contributed by atoms with van der Waals surface area (Å²) in [5.41, 5.74) is 0.525. The largest absolute Gasteiger partial charge is 0.316 e. The van der Waals surface area contributed by atoms with Crippen LogP contribution >= 0.6 is 0 Å². The number of likely N-dealkylation sites (N-methyl/N-ethyl adjacent to an activating group) is 1. The van der Waals surface area contributed by atoms with E-state index in [1.54, 1.807) is 0 Å². The molecule has 0 amide bonds. The molecule has 2 rings (SSSR count). The summed E-state index contributed by atoms with van der Waals surface area (Å²) < 4.78 is 0. The lowest BCUT2D eigenvalue weighted by Crippen LogP contribution is -2.55. The van der Waals surface area contributed by atoms with Crippen molar-refractivity contribution in [1.29, 1.82) is 0 Å². The highest BCUT2D eigenvalue weighted by Gasteiger charge is 2.37. The monoisotopic (exact) mass is 295 g/mol. The number of nitrogens with zero attached hydrogens (tertiary/aromatic N) is 2. The first-order valence-corrected chi connectivity index (χ1v) is 9.18. The molecule has 1 aliphatic heterocycles. The number of rotatable bonds is 6. The molecule has 2 aliphatic rings. The van der Waals surface area contributed by atoms with Crippen molar-refractivity contribution in [1.82, 2.24) is 15.1 Å². The second kappa shape index (κ2) is 7.94. The van der Waals surface area contributed by atoms with E-state index >= 15 is 0 Å². The van der Waals surface area contributed by atoms with Crippen molar-refractivity contribution in [3.8, 4) is 0 Å². The molecular formula is C18H37N3. The zero-order chi connectivity index (χ0) is 15.3. The molecule has 3 nitrogen and oxygen atoms in total. The fourth-order valence-electron chi connectivity index (χ4n) is 4.50. The first kappa shape index (κ1) is 17.2. The van der Waals surface area contributed by atoms with Gasteiger partial charge in [0.2, 0.25) is 0 Å². The second-order valence-corrected chi connectivity index (χ2v) is 7.96. The maximum atomic E-state index is 3.74. The molecule has 0 radical (unpaired) electrons. The first-order valence-electron chi connectivity index (χ1n) is 9.18. The quantitative estimate of drug-likeness (QED) is 0.760. The van der Waals surface area contributed by atoms with Crippen molar-refractivity contribution in [2.45, 2.75) is 58.9 Å². The molecule has 21 heavy (non-hydrogen) atoms. The zero-order valence-electron chi connectivity index (χ0n) is 14.8. The predicted molar refractivity (Wildman–Crippen MR) is 91.8 cm³/mol. The zero-order valence-corrected chi connectivity index (χ0v) is 14.8. The van der Waals surface area contributed by atoms with Crippen molar-refractivity contribution in [2.24, 2.45) is 11.3 Å². The fourth-order valence-corrected chi connectivity index (χ4v) is 4.50. The Bertz CT molecular complexity index is 307. The van der Waals surface area contributed by atoms with Crippen LogP contribution in [0, 0.1) is 11.3 Å². The summed E-state index contributed by atoms with van der Waals surface area (Å²) in [6.45, 7) is 14.6. The van der Waals surface area contributed by atoms with Crippen LogP contribution in [0.5, 0.6) is 0 Å². The lowest BCUT2D eigenvalue weighted by atomic mass is 9.69. The van der Waals surface area contributed by atoms with Gasteiger partial charge in [-0.15, -0.1) is 0 Å². The molecule has 1 aliphatic carbocycles. The predicted octanol–water partition coefficient (Wildman–Crippen LogP) is 2.82. The third-order valence-corrected chi connectivity index (χ3v) is 5.62. The molecule has 1 N–H and O–H groups in total. The third-order valence-electron chi connectivity index (χ3n) is 5.62. The molecule has 0 aromatic rings. The second-order valence-electron chi connectivity index (χ2n) is 7.96. The van der Waals surface area contributed by atoms with Crippen molar-refractivity contribution >= 4 is 0 Å². The van der Waals surface area contributed by atoms with Crippen LogP contribution in [0.25, 0.3) is 0 Å². The van der Waals surface area contributed by atoms with Gasteiger partial charge in [-0.1, -0.05) is 26.7 Å². The van der Waals surface area contributed by atoms with E-state index in [0.29, 0.717) is 11.5 Å². The van der Waals surface area contributed by atoms with Gasteiger partial charge in [0.15, 0.2) is 0 Å². The Labute approximate surface area is 132 Å². The van der Waals surface area contributed by atoms with Gasteiger partial charge in [-0.25, -0.2) is 0 Å². The van der Waals surface area contributed by atoms with E-state index in [2.05, 4.69) is 42.9 Å². The van der Waals surface area contributed by atoms with Gasteiger partial charge in [0.25, 0.3) is 0 Å². The molecule has 0 aromatic heterocycles. The molecule has 3 unspecified atom stereocenters. The van der Waals surface area contributed by atoms with Crippen molar-refractivity contribution in [2.75, 3.05) is 46.3 Å². The lowest BCUT2D eigenvalue weighted by Gasteiger charge is -2.47. The molecule has 1 saturated heterocycles. The summed E-state index contributed by atoms with van der Waals surface area (Å²) in [5, 5.41) is 3.74. The Hall–Kier alpha value is -0.120. The van der Waals surface area contributed by atoms with Crippen LogP contribution in [0.3, 0.4) is 0 Å². The molecule has 0 spiro atoms. The summed E-state index contributed by atoms with van der Waals surface area (Å²) in [6.07, 6.45) is 6.96. The minimum Gasteiger partial charge on any atom is -0.316 e. The normalized spacial score (nSPS) is 36.0. The average Bonchev–Trinajstić information content (AvgIpc) is 2.42. The Balaban J connectivity index is 1.97. The van der Waals surface area contributed by atoms with Crippen LogP contribution in [0.4, 0.5) is 0 Å².